The summed E-state index contributed by atoms with van der Waals surface area (Å²) in [7, 11) is 3.19. The number of hydrogen-bond donors (Lipinski definition) is 0. The molecule has 0 saturated carbocycles. The number of ketones is 1. The zero-order valence-electron chi connectivity index (χ0n) is 24.2. The third-order valence-electron chi connectivity index (χ3n) is 7.50. The van der Waals surface area contributed by atoms with Crippen molar-refractivity contribution < 1.29 is 23.1 Å². The van der Waals surface area contributed by atoms with Crippen molar-refractivity contribution in [3.8, 4) is 40.0 Å². The molecule has 8 heteroatoms. The van der Waals surface area contributed by atoms with Gasteiger partial charge in [0.15, 0.2) is 0 Å². The van der Waals surface area contributed by atoms with Gasteiger partial charge in [0.2, 0.25) is 11.7 Å². The Morgan fingerprint density at radius 2 is 1.55 bits per heavy atom. The van der Waals surface area contributed by atoms with Crippen LogP contribution in [0.5, 0.6) is 11.5 Å². The first kappa shape index (κ1) is 28.2. The molecule has 0 atom stereocenters. The molecular formula is C36H26FN3O4. The molecular weight excluding hydrogens is 557 g/mol. The van der Waals surface area contributed by atoms with Gasteiger partial charge in [-0.15, -0.1) is 0 Å². The van der Waals surface area contributed by atoms with E-state index in [-0.39, 0.29) is 17.2 Å². The van der Waals surface area contributed by atoms with Crippen LogP contribution in [0, 0.1) is 24.1 Å². The number of carbonyl (C=O) groups excluding carboxylic acids is 1. The Morgan fingerprint density at radius 3 is 2.16 bits per heavy atom. The number of ether oxygens (including phenoxy) is 2. The second-order valence-corrected chi connectivity index (χ2v) is 9.99. The van der Waals surface area contributed by atoms with E-state index in [4.69, 9.17) is 13.9 Å². The van der Waals surface area contributed by atoms with Gasteiger partial charge in [0.25, 0.3) is 0 Å². The van der Waals surface area contributed by atoms with E-state index in [2.05, 4.69) is 11.1 Å². The van der Waals surface area contributed by atoms with Crippen LogP contribution >= 0.6 is 0 Å². The van der Waals surface area contributed by atoms with E-state index in [9.17, 15) is 14.4 Å². The largest absolute Gasteiger partial charge is 0.497 e. The van der Waals surface area contributed by atoms with Gasteiger partial charge in [-0.05, 0) is 90.8 Å². The average molecular weight is 584 g/mol. The van der Waals surface area contributed by atoms with Gasteiger partial charge in [-0.1, -0.05) is 18.2 Å². The van der Waals surface area contributed by atoms with Crippen LogP contribution in [-0.2, 0) is 0 Å². The van der Waals surface area contributed by atoms with Gasteiger partial charge in [0, 0.05) is 34.7 Å². The number of aromatic nitrogens is 1. The fraction of sp³-hybridized carbons (Fsp3) is 0.0833. The number of hydrogen-bond acceptors (Lipinski definition) is 6. The van der Waals surface area contributed by atoms with Crippen molar-refractivity contribution >= 4 is 23.4 Å². The average Bonchev–Trinajstić information content (AvgIpc) is 3.57. The Balaban J connectivity index is 1.50. The first-order valence-electron chi connectivity index (χ1n) is 13.7. The molecule has 44 heavy (non-hydrogen) atoms. The van der Waals surface area contributed by atoms with Crippen LogP contribution in [0.25, 0.3) is 28.0 Å². The smallest absolute Gasteiger partial charge is 0.238 e. The summed E-state index contributed by atoms with van der Waals surface area (Å²) in [5.41, 5.74) is 5.29. The lowest BCUT2D eigenvalue weighted by Gasteiger charge is -2.06. The lowest BCUT2D eigenvalue weighted by atomic mass is 9.98. The molecule has 3 aromatic heterocycles. The van der Waals surface area contributed by atoms with Crippen molar-refractivity contribution in [3.63, 3.8) is 0 Å². The Hall–Kier alpha value is -5.94. The van der Waals surface area contributed by atoms with E-state index in [1.807, 2.05) is 73.7 Å². The predicted octanol–water partition coefficient (Wildman–Crippen LogP) is 8.18. The second kappa shape index (κ2) is 11.7. The van der Waals surface area contributed by atoms with Crippen LogP contribution in [0.3, 0.4) is 0 Å². The highest BCUT2D eigenvalue weighted by Crippen LogP contribution is 2.43. The topological polar surface area (TPSA) is 89.2 Å². The van der Waals surface area contributed by atoms with E-state index in [0.29, 0.717) is 45.2 Å². The van der Waals surface area contributed by atoms with Gasteiger partial charge in [-0.2, -0.15) is 5.26 Å². The molecule has 0 spiro atoms. The van der Waals surface area contributed by atoms with Crippen LogP contribution in [0.4, 0.5) is 10.3 Å². The first-order valence-corrected chi connectivity index (χ1v) is 13.7. The predicted molar refractivity (Wildman–Crippen MR) is 167 cm³/mol. The van der Waals surface area contributed by atoms with Crippen molar-refractivity contribution in [2.45, 2.75) is 6.92 Å². The van der Waals surface area contributed by atoms with Crippen LogP contribution in [0.1, 0.15) is 32.7 Å². The van der Waals surface area contributed by atoms with Gasteiger partial charge < -0.3 is 18.3 Å². The first-order chi connectivity index (χ1) is 21.4. The maximum Gasteiger partial charge on any atom is 0.238 e. The Morgan fingerprint density at radius 1 is 0.909 bits per heavy atom. The van der Waals surface area contributed by atoms with Gasteiger partial charge in [-0.25, -0.2) is 9.38 Å². The Kier molecular flexibility index (Phi) is 7.52. The summed E-state index contributed by atoms with van der Waals surface area (Å²) in [6, 6.07) is 28.1. The highest BCUT2D eigenvalue weighted by Gasteiger charge is 2.24. The second-order valence-electron chi connectivity index (χ2n) is 9.99. The summed E-state index contributed by atoms with van der Waals surface area (Å²) in [5.74, 6) is 1.31. The minimum absolute atomic E-state index is 0.130. The molecule has 0 fully saturated rings. The molecule has 3 heterocycles. The molecule has 216 valence electrons. The number of nitrogens with zero attached hydrogens (tertiary/aromatic N) is 3. The summed E-state index contributed by atoms with van der Waals surface area (Å²) < 4.78 is 32.3. The third-order valence-corrected chi connectivity index (χ3v) is 7.50. The summed E-state index contributed by atoms with van der Waals surface area (Å²) in [5, 5.41) is 10.3. The molecule has 3 aromatic carbocycles. The maximum atomic E-state index is 13.6. The lowest BCUT2D eigenvalue weighted by Crippen LogP contribution is -2.07. The highest BCUT2D eigenvalue weighted by atomic mass is 19.1. The number of methoxy groups -OCH3 is 2. The SMILES string of the molecule is COc1ccc(-c2oc(/N=C/c3c(C)c(C(=O)c4ccc(F)cc4)n4ccccc34)c(C#N)c2-c2ccc(OC)cc2)cc1. The molecule has 0 N–H and O–H groups in total. The van der Waals surface area contributed by atoms with Gasteiger partial charge in [0.05, 0.1) is 25.4 Å². The van der Waals surface area contributed by atoms with Gasteiger partial charge in [-0.3, -0.25) is 4.79 Å². The van der Waals surface area contributed by atoms with Crippen molar-refractivity contribution in [2.75, 3.05) is 14.2 Å². The fourth-order valence-corrected chi connectivity index (χ4v) is 5.25. The zero-order valence-corrected chi connectivity index (χ0v) is 24.2. The quantitative estimate of drug-likeness (QED) is 0.133. The lowest BCUT2D eigenvalue weighted by molar-refractivity contribution is 0.103. The molecule has 0 aliphatic carbocycles. The zero-order chi connectivity index (χ0) is 30.8. The van der Waals surface area contributed by atoms with Crippen molar-refractivity contribution in [1.82, 2.24) is 4.40 Å². The van der Waals surface area contributed by atoms with E-state index in [0.717, 1.165) is 16.6 Å². The van der Waals surface area contributed by atoms with Crippen LogP contribution in [0.2, 0.25) is 0 Å². The standard InChI is InChI=1S/C36H26FN3O4/c1-22-30(31-6-4-5-19-40(31)33(22)34(41)24-7-13-26(37)14-8-24)21-39-36-29(20-38)32(23-9-15-27(42-2)16-10-23)35(44-36)25-11-17-28(43-3)18-12-25/h4-19,21H,1-3H3/b39-21+. The maximum absolute atomic E-state index is 13.6. The van der Waals surface area contributed by atoms with Crippen molar-refractivity contribution in [1.29, 1.82) is 5.26 Å². The Labute approximate surface area is 253 Å². The summed E-state index contributed by atoms with van der Waals surface area (Å²) in [6.07, 6.45) is 3.41. The molecule has 6 rings (SSSR count). The number of benzene rings is 3. The molecule has 0 aliphatic heterocycles. The summed E-state index contributed by atoms with van der Waals surface area (Å²) in [6.45, 7) is 1.84. The number of nitriles is 1. The molecule has 6 aromatic rings. The summed E-state index contributed by atoms with van der Waals surface area (Å²) >= 11 is 0. The van der Waals surface area contributed by atoms with Gasteiger partial charge in [0.1, 0.15) is 34.7 Å². The number of rotatable bonds is 8. The third kappa shape index (κ3) is 5.01. The molecule has 0 unspecified atom stereocenters. The highest BCUT2D eigenvalue weighted by molar-refractivity contribution is 6.12. The van der Waals surface area contributed by atoms with Crippen molar-refractivity contribution in [2.24, 2.45) is 4.99 Å². The number of carbonyl (C=O) groups is 1. The van der Waals surface area contributed by atoms with E-state index in [1.165, 1.54) is 24.3 Å². The fourth-order valence-electron chi connectivity index (χ4n) is 5.25. The van der Waals surface area contributed by atoms with E-state index >= 15 is 0 Å². The number of aliphatic imine (C=N–C) groups is 1. The summed E-state index contributed by atoms with van der Waals surface area (Å²) in [4.78, 5) is 18.2. The molecule has 0 aliphatic rings. The van der Waals surface area contributed by atoms with E-state index in [1.54, 1.807) is 31.0 Å². The number of halogens is 1. The number of fused-ring (bicyclic) bond motifs is 1. The van der Waals surface area contributed by atoms with Crippen LogP contribution in [0.15, 0.2) is 107 Å². The monoisotopic (exact) mass is 583 g/mol. The molecule has 0 bridgehead atoms. The Bertz CT molecular complexity index is 2060. The normalized spacial score (nSPS) is 11.2. The number of pyridine rings is 1. The molecule has 7 nitrogen and oxygen atoms in total. The minimum Gasteiger partial charge on any atom is -0.497 e. The molecule has 0 amide bonds. The molecule has 0 saturated heterocycles. The van der Waals surface area contributed by atoms with E-state index < -0.39 is 5.82 Å². The minimum atomic E-state index is -0.416. The van der Waals surface area contributed by atoms with Crippen LogP contribution in [-0.4, -0.2) is 30.6 Å². The van der Waals surface area contributed by atoms with Crippen LogP contribution < -0.4 is 9.47 Å². The number of furan rings is 1. The van der Waals surface area contributed by atoms with Gasteiger partial charge >= 0.3 is 0 Å². The molecule has 0 radical (unpaired) electrons. The van der Waals surface area contributed by atoms with Crippen molar-refractivity contribution in [3.05, 3.63) is 131 Å².